The number of thiophene rings is 1. The topological polar surface area (TPSA) is 52.5 Å². The summed E-state index contributed by atoms with van der Waals surface area (Å²) in [6.07, 6.45) is -2.83. The van der Waals surface area contributed by atoms with Gasteiger partial charge in [-0.3, -0.25) is 0 Å². The van der Waals surface area contributed by atoms with E-state index in [0.29, 0.717) is 17.0 Å². The lowest BCUT2D eigenvalue weighted by atomic mass is 9.74. The predicted molar refractivity (Wildman–Crippen MR) is 79.9 cm³/mol. The van der Waals surface area contributed by atoms with Gasteiger partial charge in [0, 0.05) is 23.4 Å². The molecule has 0 bridgehead atoms. The van der Waals surface area contributed by atoms with E-state index in [9.17, 15) is 23.4 Å². The van der Waals surface area contributed by atoms with Crippen LogP contribution < -0.4 is 5.32 Å². The molecule has 0 saturated heterocycles. The van der Waals surface area contributed by atoms with Gasteiger partial charge in [0.1, 0.15) is 4.88 Å². The van der Waals surface area contributed by atoms with Gasteiger partial charge in [0.2, 0.25) is 0 Å². The van der Waals surface area contributed by atoms with Crippen LogP contribution in [0.5, 0.6) is 11.5 Å². The number of nitrogens with one attached hydrogen (secondary N) is 1. The summed E-state index contributed by atoms with van der Waals surface area (Å²) in [5.41, 5.74) is 2.38. The molecular formula is C16H14F3NO2S. The SMILES string of the molecule is Oc1cc2c(cc1O)C1c3cc(C(F)(F)F)sc3CNC1CC2. The van der Waals surface area contributed by atoms with Crippen molar-refractivity contribution >= 4 is 11.3 Å². The third-order valence-corrected chi connectivity index (χ3v) is 5.88. The summed E-state index contributed by atoms with van der Waals surface area (Å²) >= 11 is 0.781. The van der Waals surface area contributed by atoms with Crippen LogP contribution in [0.3, 0.4) is 0 Å². The highest BCUT2D eigenvalue weighted by Gasteiger charge is 2.40. The standard InChI is InChI=1S/C16H14F3NO2S/c17-16(18,19)14-5-9-13(23-14)6-20-10-2-1-7-3-11(21)12(22)4-8(7)15(9)10/h3-5,10,15,20-22H,1-2,6H2. The van der Waals surface area contributed by atoms with Crippen LogP contribution in [0.25, 0.3) is 0 Å². The van der Waals surface area contributed by atoms with Gasteiger partial charge >= 0.3 is 6.18 Å². The summed E-state index contributed by atoms with van der Waals surface area (Å²) in [5.74, 6) is -0.642. The van der Waals surface area contributed by atoms with Gasteiger partial charge in [-0.15, -0.1) is 11.3 Å². The average Bonchev–Trinajstić information content (AvgIpc) is 2.92. The van der Waals surface area contributed by atoms with Crippen molar-refractivity contribution in [1.29, 1.82) is 0 Å². The Kier molecular flexibility index (Phi) is 3.15. The molecule has 23 heavy (non-hydrogen) atoms. The zero-order valence-electron chi connectivity index (χ0n) is 11.9. The van der Waals surface area contributed by atoms with Crippen LogP contribution >= 0.6 is 11.3 Å². The van der Waals surface area contributed by atoms with E-state index in [1.807, 2.05) is 0 Å². The van der Waals surface area contributed by atoms with E-state index < -0.39 is 11.1 Å². The predicted octanol–water partition coefficient (Wildman–Crippen LogP) is 3.73. The largest absolute Gasteiger partial charge is 0.504 e. The lowest BCUT2D eigenvalue weighted by Gasteiger charge is -2.38. The minimum atomic E-state index is -4.34. The molecule has 3 nitrogen and oxygen atoms in total. The number of benzene rings is 1. The summed E-state index contributed by atoms with van der Waals surface area (Å²) in [6.45, 7) is 0.441. The summed E-state index contributed by atoms with van der Waals surface area (Å²) < 4.78 is 39.1. The fourth-order valence-electron chi connectivity index (χ4n) is 3.65. The molecule has 0 fully saturated rings. The lowest BCUT2D eigenvalue weighted by molar-refractivity contribution is -0.134. The molecule has 2 aliphatic rings. The molecule has 3 N–H and O–H groups in total. The van der Waals surface area contributed by atoms with E-state index in [1.165, 1.54) is 18.2 Å². The highest BCUT2D eigenvalue weighted by atomic mass is 32.1. The molecule has 1 aromatic heterocycles. The molecule has 1 aliphatic heterocycles. The molecule has 1 aromatic carbocycles. The fourth-order valence-corrected chi connectivity index (χ4v) is 4.67. The maximum absolute atomic E-state index is 13.0. The Morgan fingerprint density at radius 2 is 1.83 bits per heavy atom. The van der Waals surface area contributed by atoms with Crippen LogP contribution in [0.2, 0.25) is 0 Å². The zero-order valence-corrected chi connectivity index (χ0v) is 12.8. The Morgan fingerprint density at radius 1 is 1.09 bits per heavy atom. The number of halogens is 3. The molecule has 2 aromatic rings. The summed E-state index contributed by atoms with van der Waals surface area (Å²) in [4.78, 5) is 0.110. The van der Waals surface area contributed by atoms with Crippen LogP contribution in [0.15, 0.2) is 18.2 Å². The van der Waals surface area contributed by atoms with E-state index in [1.54, 1.807) is 0 Å². The Morgan fingerprint density at radius 3 is 2.57 bits per heavy atom. The molecule has 7 heteroatoms. The second-order valence-electron chi connectivity index (χ2n) is 6.03. The Hall–Kier alpha value is -1.73. The number of aryl methyl sites for hydroxylation is 1. The van der Waals surface area contributed by atoms with E-state index in [2.05, 4.69) is 5.32 Å². The van der Waals surface area contributed by atoms with Gasteiger partial charge in [-0.05, 0) is 47.7 Å². The number of rotatable bonds is 0. The second-order valence-corrected chi connectivity index (χ2v) is 7.17. The van der Waals surface area contributed by atoms with Gasteiger partial charge in [-0.1, -0.05) is 0 Å². The number of aromatic hydroxyl groups is 2. The average molecular weight is 341 g/mol. The molecule has 1 aliphatic carbocycles. The minimum absolute atomic E-state index is 0.0506. The van der Waals surface area contributed by atoms with E-state index in [-0.39, 0.29) is 23.5 Å². The van der Waals surface area contributed by atoms with Crippen LogP contribution in [-0.4, -0.2) is 16.3 Å². The van der Waals surface area contributed by atoms with Crippen LogP contribution in [-0.2, 0) is 19.1 Å². The number of fused-ring (bicyclic) bond motifs is 5. The second kappa shape index (κ2) is 4.88. The highest BCUT2D eigenvalue weighted by molar-refractivity contribution is 7.12. The fraction of sp³-hybridized carbons (Fsp3) is 0.375. The molecule has 0 amide bonds. The molecule has 122 valence electrons. The van der Waals surface area contributed by atoms with Crippen molar-refractivity contribution in [3.63, 3.8) is 0 Å². The van der Waals surface area contributed by atoms with Crippen molar-refractivity contribution in [2.75, 3.05) is 0 Å². The smallest absolute Gasteiger partial charge is 0.425 e. The zero-order chi connectivity index (χ0) is 16.4. The first-order valence-corrected chi connectivity index (χ1v) is 8.14. The molecule has 4 rings (SSSR count). The van der Waals surface area contributed by atoms with Crippen molar-refractivity contribution < 1.29 is 23.4 Å². The maximum Gasteiger partial charge on any atom is 0.425 e. The van der Waals surface area contributed by atoms with Gasteiger partial charge in [0.15, 0.2) is 11.5 Å². The third kappa shape index (κ3) is 2.30. The van der Waals surface area contributed by atoms with Gasteiger partial charge < -0.3 is 15.5 Å². The summed E-state index contributed by atoms with van der Waals surface area (Å²) in [5, 5.41) is 22.8. The van der Waals surface area contributed by atoms with Crippen molar-refractivity contribution in [1.82, 2.24) is 5.32 Å². The molecule has 2 unspecified atom stereocenters. The van der Waals surface area contributed by atoms with Crippen molar-refractivity contribution in [3.8, 4) is 11.5 Å². The number of alkyl halides is 3. The highest BCUT2D eigenvalue weighted by Crippen LogP contribution is 2.48. The third-order valence-electron chi connectivity index (χ3n) is 4.68. The van der Waals surface area contributed by atoms with Crippen LogP contribution in [0.4, 0.5) is 13.2 Å². The minimum Gasteiger partial charge on any atom is -0.504 e. The molecule has 0 radical (unpaired) electrons. The monoisotopic (exact) mass is 341 g/mol. The van der Waals surface area contributed by atoms with Crippen molar-refractivity contribution in [2.24, 2.45) is 0 Å². The van der Waals surface area contributed by atoms with Crippen LogP contribution in [0, 0.1) is 0 Å². The summed E-state index contributed by atoms with van der Waals surface area (Å²) in [7, 11) is 0. The van der Waals surface area contributed by atoms with Crippen molar-refractivity contribution in [2.45, 2.75) is 37.5 Å². The molecule has 0 spiro atoms. The van der Waals surface area contributed by atoms with Gasteiger partial charge in [0.05, 0.1) is 0 Å². The lowest BCUT2D eigenvalue weighted by Crippen LogP contribution is -2.41. The van der Waals surface area contributed by atoms with Gasteiger partial charge in [-0.25, -0.2) is 0 Å². The number of hydrogen-bond donors (Lipinski definition) is 3. The Labute approximate surface area is 134 Å². The molecular weight excluding hydrogens is 327 g/mol. The molecule has 2 atom stereocenters. The number of phenolic OH excluding ortho intramolecular Hbond substituents is 2. The maximum atomic E-state index is 13.0. The first-order chi connectivity index (χ1) is 10.8. The summed E-state index contributed by atoms with van der Waals surface area (Å²) in [6, 6.07) is 4.31. The quantitative estimate of drug-likeness (QED) is 0.640. The van der Waals surface area contributed by atoms with E-state index >= 15 is 0 Å². The van der Waals surface area contributed by atoms with Gasteiger partial charge in [-0.2, -0.15) is 13.2 Å². The molecule has 0 saturated carbocycles. The molecule has 2 heterocycles. The van der Waals surface area contributed by atoms with E-state index in [0.717, 1.165) is 35.3 Å². The Bertz CT molecular complexity index is 784. The van der Waals surface area contributed by atoms with E-state index in [4.69, 9.17) is 0 Å². The number of hydrogen-bond acceptors (Lipinski definition) is 4. The van der Waals surface area contributed by atoms with Crippen molar-refractivity contribution in [3.05, 3.63) is 44.6 Å². The van der Waals surface area contributed by atoms with Crippen LogP contribution in [0.1, 0.15) is 38.8 Å². The first kappa shape index (κ1) is 14.8. The normalized spacial score (nSPS) is 23.1. The van der Waals surface area contributed by atoms with Gasteiger partial charge in [0.25, 0.3) is 0 Å². The number of phenols is 2. The Balaban J connectivity index is 1.87. The first-order valence-electron chi connectivity index (χ1n) is 7.32.